The van der Waals surface area contributed by atoms with Crippen LogP contribution in [0.5, 0.6) is 5.75 Å². The van der Waals surface area contributed by atoms with Crippen molar-refractivity contribution >= 4 is 27.5 Å². The summed E-state index contributed by atoms with van der Waals surface area (Å²) in [6.07, 6.45) is 0.954. The number of nitrogens with zero attached hydrogens (tertiary/aromatic N) is 2. The van der Waals surface area contributed by atoms with Crippen LogP contribution in [0.1, 0.15) is 62.3 Å². The molecule has 4 aromatic carbocycles. The van der Waals surface area contributed by atoms with E-state index in [0.29, 0.717) is 17.9 Å². The Kier molecular flexibility index (Phi) is 12.4. The van der Waals surface area contributed by atoms with Gasteiger partial charge in [-0.3, -0.25) is 13.9 Å². The number of sulfonamides is 1. The zero-order chi connectivity index (χ0) is 34.8. The van der Waals surface area contributed by atoms with E-state index >= 15 is 0 Å². The van der Waals surface area contributed by atoms with Gasteiger partial charge in [0.1, 0.15) is 18.3 Å². The minimum Gasteiger partial charge on any atom is -0.497 e. The van der Waals surface area contributed by atoms with Crippen molar-refractivity contribution < 1.29 is 22.7 Å². The highest BCUT2D eigenvalue weighted by Gasteiger charge is 2.35. The van der Waals surface area contributed by atoms with Gasteiger partial charge in [0.25, 0.3) is 10.0 Å². The molecule has 0 aliphatic rings. The van der Waals surface area contributed by atoms with Crippen molar-refractivity contribution in [3.05, 3.63) is 125 Å². The number of carbonyl (C=O) groups excluding carboxylic acids is 2. The van der Waals surface area contributed by atoms with Crippen molar-refractivity contribution in [1.29, 1.82) is 0 Å². The molecule has 0 unspecified atom stereocenters. The van der Waals surface area contributed by atoms with E-state index in [0.717, 1.165) is 26.6 Å². The Balaban J connectivity index is 1.83. The van der Waals surface area contributed by atoms with E-state index in [1.54, 1.807) is 43.5 Å². The average molecular weight is 670 g/mol. The maximum Gasteiger partial charge on any atom is 0.264 e. The second kappa shape index (κ2) is 16.5. The number of rotatable bonds is 15. The van der Waals surface area contributed by atoms with E-state index in [2.05, 4.69) is 19.2 Å². The molecule has 4 aromatic rings. The molecule has 0 spiro atoms. The molecule has 4 rings (SSSR count). The molecule has 1 N–H and O–H groups in total. The molecule has 0 bridgehead atoms. The number of carbonyl (C=O) groups is 2. The minimum absolute atomic E-state index is 0.0617. The van der Waals surface area contributed by atoms with E-state index in [9.17, 15) is 18.0 Å². The van der Waals surface area contributed by atoms with Gasteiger partial charge in [-0.05, 0) is 79.3 Å². The second-order valence-corrected chi connectivity index (χ2v) is 14.3. The van der Waals surface area contributed by atoms with Gasteiger partial charge >= 0.3 is 0 Å². The molecule has 0 fully saturated rings. The standard InChI is InChI=1S/C39H47N3O5S/c1-7-30(5)40-39(44)37(25-31-12-9-8-10-13-31)41(26-32-14-11-15-35(24-32)47-6)38(43)27-42(34-20-18-33(19-21-34)28(2)3)48(45,46)36-22-16-29(4)17-23-36/h8-24,28,30,37H,7,25-27H2,1-6H3,(H,40,44)/t30-,37-/m0/s1. The Morgan fingerprint density at radius 3 is 2.08 bits per heavy atom. The van der Waals surface area contributed by atoms with Crippen LogP contribution in [0.2, 0.25) is 0 Å². The molecule has 48 heavy (non-hydrogen) atoms. The van der Waals surface area contributed by atoms with Gasteiger partial charge in [-0.15, -0.1) is 0 Å². The lowest BCUT2D eigenvalue weighted by molar-refractivity contribution is -0.140. The number of benzene rings is 4. The fourth-order valence-electron chi connectivity index (χ4n) is 5.35. The lowest BCUT2D eigenvalue weighted by atomic mass is 10.0. The molecule has 0 aromatic heterocycles. The third kappa shape index (κ3) is 9.25. The summed E-state index contributed by atoms with van der Waals surface area (Å²) >= 11 is 0. The van der Waals surface area contributed by atoms with Crippen molar-refractivity contribution in [2.24, 2.45) is 0 Å². The largest absolute Gasteiger partial charge is 0.497 e. The highest BCUT2D eigenvalue weighted by Crippen LogP contribution is 2.27. The fraction of sp³-hybridized carbons (Fsp3) is 0.333. The summed E-state index contributed by atoms with van der Waals surface area (Å²) < 4.78 is 35.2. The van der Waals surface area contributed by atoms with E-state index in [-0.39, 0.29) is 35.7 Å². The highest BCUT2D eigenvalue weighted by molar-refractivity contribution is 7.92. The molecule has 254 valence electrons. The smallest absolute Gasteiger partial charge is 0.264 e. The minimum atomic E-state index is -4.18. The van der Waals surface area contributed by atoms with Crippen LogP contribution in [0.3, 0.4) is 0 Å². The lowest BCUT2D eigenvalue weighted by Crippen LogP contribution is -2.54. The maximum absolute atomic E-state index is 14.7. The van der Waals surface area contributed by atoms with Gasteiger partial charge in [-0.2, -0.15) is 0 Å². The molecule has 0 saturated heterocycles. The summed E-state index contributed by atoms with van der Waals surface area (Å²) in [6.45, 7) is 9.46. The molecule has 0 aliphatic carbocycles. The van der Waals surface area contributed by atoms with Crippen LogP contribution in [0.25, 0.3) is 0 Å². The summed E-state index contributed by atoms with van der Waals surface area (Å²) in [4.78, 5) is 30.3. The van der Waals surface area contributed by atoms with Crippen molar-refractivity contribution in [3.63, 3.8) is 0 Å². The molecule has 8 nitrogen and oxygen atoms in total. The number of anilines is 1. The molecular weight excluding hydrogens is 623 g/mol. The Bertz CT molecular complexity index is 1760. The molecule has 9 heteroatoms. The first-order valence-corrected chi connectivity index (χ1v) is 17.8. The Labute approximate surface area is 285 Å². The van der Waals surface area contributed by atoms with Gasteiger partial charge in [0, 0.05) is 19.0 Å². The molecule has 2 atom stereocenters. The zero-order valence-electron chi connectivity index (χ0n) is 28.7. The first-order chi connectivity index (χ1) is 22.9. The van der Waals surface area contributed by atoms with Gasteiger partial charge < -0.3 is 15.0 Å². The van der Waals surface area contributed by atoms with E-state index in [1.807, 2.05) is 87.5 Å². The third-order valence-electron chi connectivity index (χ3n) is 8.49. The van der Waals surface area contributed by atoms with Gasteiger partial charge in [0.05, 0.1) is 17.7 Å². The molecular formula is C39H47N3O5S. The summed E-state index contributed by atoms with van der Waals surface area (Å²) in [7, 11) is -2.61. The number of aryl methyl sites for hydroxylation is 1. The van der Waals surface area contributed by atoms with Gasteiger partial charge in [0.15, 0.2) is 0 Å². The van der Waals surface area contributed by atoms with E-state index < -0.39 is 28.5 Å². The van der Waals surface area contributed by atoms with Crippen LogP contribution in [0.15, 0.2) is 108 Å². The number of amides is 2. The Morgan fingerprint density at radius 2 is 1.48 bits per heavy atom. The van der Waals surface area contributed by atoms with Crippen LogP contribution in [-0.2, 0) is 32.6 Å². The predicted molar refractivity (Wildman–Crippen MR) is 192 cm³/mol. The van der Waals surface area contributed by atoms with Crippen LogP contribution < -0.4 is 14.4 Å². The summed E-state index contributed by atoms with van der Waals surface area (Å²) in [5.41, 5.74) is 3.93. The van der Waals surface area contributed by atoms with Crippen LogP contribution in [0, 0.1) is 6.92 Å². The van der Waals surface area contributed by atoms with Crippen LogP contribution >= 0.6 is 0 Å². The number of nitrogens with one attached hydrogen (secondary N) is 1. The highest BCUT2D eigenvalue weighted by atomic mass is 32.2. The third-order valence-corrected chi connectivity index (χ3v) is 10.3. The van der Waals surface area contributed by atoms with Crippen molar-refractivity contribution in [3.8, 4) is 5.75 Å². The number of hydrogen-bond acceptors (Lipinski definition) is 5. The predicted octanol–water partition coefficient (Wildman–Crippen LogP) is 6.88. The SMILES string of the molecule is CC[C@H](C)NC(=O)[C@H](Cc1ccccc1)N(Cc1cccc(OC)c1)C(=O)CN(c1ccc(C(C)C)cc1)S(=O)(=O)c1ccc(C)cc1. The quantitative estimate of drug-likeness (QED) is 0.149. The second-order valence-electron chi connectivity index (χ2n) is 12.5. The van der Waals surface area contributed by atoms with Crippen molar-refractivity contribution in [2.45, 2.75) is 76.9 Å². The monoisotopic (exact) mass is 669 g/mol. The summed E-state index contributed by atoms with van der Waals surface area (Å²) in [5, 5.41) is 3.07. The maximum atomic E-state index is 14.7. The average Bonchev–Trinajstić information content (AvgIpc) is 3.09. The first-order valence-electron chi connectivity index (χ1n) is 16.4. The van der Waals surface area contributed by atoms with E-state index in [4.69, 9.17) is 4.74 Å². The van der Waals surface area contributed by atoms with Gasteiger partial charge in [-0.25, -0.2) is 8.42 Å². The summed E-state index contributed by atoms with van der Waals surface area (Å²) in [5.74, 6) is 0.0293. The van der Waals surface area contributed by atoms with Crippen molar-refractivity contribution in [1.82, 2.24) is 10.2 Å². The van der Waals surface area contributed by atoms with Crippen LogP contribution in [0.4, 0.5) is 5.69 Å². The lowest BCUT2D eigenvalue weighted by Gasteiger charge is -2.34. The molecule has 0 aliphatic heterocycles. The number of hydrogen-bond donors (Lipinski definition) is 1. The molecule has 0 saturated carbocycles. The summed E-state index contributed by atoms with van der Waals surface area (Å²) in [6, 6.07) is 29.6. The van der Waals surface area contributed by atoms with Gasteiger partial charge in [0.2, 0.25) is 11.8 Å². The van der Waals surface area contributed by atoms with E-state index in [1.165, 1.54) is 4.90 Å². The normalized spacial score (nSPS) is 12.6. The molecule has 2 amide bonds. The zero-order valence-corrected chi connectivity index (χ0v) is 29.5. The topological polar surface area (TPSA) is 96.0 Å². The number of ether oxygens (including phenoxy) is 1. The molecule has 0 heterocycles. The van der Waals surface area contributed by atoms with Crippen LogP contribution in [-0.4, -0.2) is 50.9 Å². The number of methoxy groups -OCH3 is 1. The molecule has 0 radical (unpaired) electrons. The first kappa shape index (κ1) is 36.2. The van der Waals surface area contributed by atoms with Crippen molar-refractivity contribution in [2.75, 3.05) is 18.0 Å². The Morgan fingerprint density at radius 1 is 0.833 bits per heavy atom. The van der Waals surface area contributed by atoms with Gasteiger partial charge in [-0.1, -0.05) is 93.1 Å². The fourth-order valence-corrected chi connectivity index (χ4v) is 6.77. The Hall–Kier alpha value is -4.63.